The second kappa shape index (κ2) is 7.82. The number of amides is 1. The van der Waals surface area contributed by atoms with E-state index in [0.717, 1.165) is 38.4 Å². The van der Waals surface area contributed by atoms with E-state index in [0.29, 0.717) is 17.1 Å². The molecule has 1 aromatic carbocycles. The Morgan fingerprint density at radius 3 is 2.40 bits per heavy atom. The quantitative estimate of drug-likeness (QED) is 0.813. The zero-order valence-corrected chi connectivity index (χ0v) is 15.9. The maximum Gasteiger partial charge on any atom is 0.412 e. The summed E-state index contributed by atoms with van der Waals surface area (Å²) in [6.45, 7) is 12.5. The zero-order valence-electron chi connectivity index (χ0n) is 15.9. The number of benzene rings is 1. The smallest absolute Gasteiger partial charge is 0.412 e. The number of piperazine rings is 1. The Morgan fingerprint density at radius 1 is 1.24 bits per heavy atom. The third-order valence-corrected chi connectivity index (χ3v) is 4.14. The van der Waals surface area contributed by atoms with Crippen molar-refractivity contribution in [1.82, 2.24) is 4.90 Å². The van der Waals surface area contributed by atoms with E-state index in [-0.39, 0.29) is 0 Å². The molecule has 0 unspecified atom stereocenters. The van der Waals surface area contributed by atoms with Crippen LogP contribution in [0, 0.1) is 0 Å². The summed E-state index contributed by atoms with van der Waals surface area (Å²) in [7, 11) is 1.57. The Bertz CT molecular complexity index is 605. The number of nitrogens with one attached hydrogen (secondary N) is 1. The van der Waals surface area contributed by atoms with Gasteiger partial charge in [-0.1, -0.05) is 6.92 Å². The molecule has 1 fully saturated rings. The van der Waals surface area contributed by atoms with Crippen molar-refractivity contribution in [3.63, 3.8) is 0 Å². The van der Waals surface area contributed by atoms with Gasteiger partial charge in [0.05, 0.1) is 24.2 Å². The number of likely N-dealkylation sites (N-methyl/N-ethyl adjacent to an activating group) is 1. The number of nitrogens with two attached hydrogens (primary N) is 1. The lowest BCUT2D eigenvalue weighted by molar-refractivity contribution is 0.0635. The number of hydrogen-bond donors (Lipinski definition) is 2. The van der Waals surface area contributed by atoms with Crippen LogP contribution in [0.2, 0.25) is 0 Å². The fourth-order valence-electron chi connectivity index (χ4n) is 2.84. The molecule has 3 N–H and O–H groups in total. The maximum absolute atomic E-state index is 12.0. The van der Waals surface area contributed by atoms with Crippen molar-refractivity contribution < 1.29 is 14.3 Å². The standard InChI is InChI=1S/C18H30N4O3/c1-6-21-7-9-22(10-8-21)15-12-16(24-5)14(11-13(15)19)20-17(23)25-18(2,3)4/h11-12H,6-10,19H2,1-5H3,(H,20,23). The van der Waals surface area contributed by atoms with Crippen molar-refractivity contribution in [2.45, 2.75) is 33.3 Å². The van der Waals surface area contributed by atoms with E-state index in [1.165, 1.54) is 0 Å². The number of carbonyl (C=O) groups excluding carboxylic acids is 1. The third-order valence-electron chi connectivity index (χ3n) is 4.14. The Hall–Kier alpha value is -2.15. The predicted molar refractivity (Wildman–Crippen MR) is 102 cm³/mol. The molecule has 1 aromatic rings. The molecule has 0 radical (unpaired) electrons. The fourth-order valence-corrected chi connectivity index (χ4v) is 2.84. The van der Waals surface area contributed by atoms with Gasteiger partial charge in [0.1, 0.15) is 11.4 Å². The molecule has 0 aliphatic carbocycles. The van der Waals surface area contributed by atoms with Crippen LogP contribution in [0.3, 0.4) is 0 Å². The number of nitrogens with zero attached hydrogens (tertiary/aromatic N) is 2. The van der Waals surface area contributed by atoms with Crippen LogP contribution < -0.4 is 20.7 Å². The highest BCUT2D eigenvalue weighted by Gasteiger charge is 2.21. The van der Waals surface area contributed by atoms with Gasteiger partial charge in [0, 0.05) is 32.2 Å². The van der Waals surface area contributed by atoms with Crippen molar-refractivity contribution in [2.75, 3.05) is 55.8 Å². The van der Waals surface area contributed by atoms with E-state index in [2.05, 4.69) is 22.0 Å². The molecule has 25 heavy (non-hydrogen) atoms. The Balaban J connectivity index is 2.16. The van der Waals surface area contributed by atoms with Crippen molar-refractivity contribution in [2.24, 2.45) is 0 Å². The average Bonchev–Trinajstić information content (AvgIpc) is 2.53. The SMILES string of the molecule is CCN1CCN(c2cc(OC)c(NC(=O)OC(C)(C)C)cc2N)CC1. The first-order valence-electron chi connectivity index (χ1n) is 8.68. The Morgan fingerprint density at radius 2 is 1.88 bits per heavy atom. The number of methoxy groups -OCH3 is 1. The molecule has 1 aliphatic heterocycles. The predicted octanol–water partition coefficient (Wildman–Crippen LogP) is 2.77. The second-order valence-corrected chi connectivity index (χ2v) is 7.16. The number of ether oxygens (including phenoxy) is 2. The van der Waals surface area contributed by atoms with Gasteiger partial charge in [-0.25, -0.2) is 4.79 Å². The fraction of sp³-hybridized carbons (Fsp3) is 0.611. The average molecular weight is 350 g/mol. The van der Waals surface area contributed by atoms with Crippen molar-refractivity contribution in [3.8, 4) is 5.75 Å². The van der Waals surface area contributed by atoms with Crippen LogP contribution in [-0.2, 0) is 4.74 Å². The minimum Gasteiger partial charge on any atom is -0.494 e. The minimum atomic E-state index is -0.568. The van der Waals surface area contributed by atoms with Crippen molar-refractivity contribution in [3.05, 3.63) is 12.1 Å². The Labute approximate surface area is 150 Å². The molecule has 7 heteroatoms. The van der Waals surface area contributed by atoms with Gasteiger partial charge < -0.3 is 25.0 Å². The van der Waals surface area contributed by atoms with Gasteiger partial charge in [0.2, 0.25) is 0 Å². The van der Waals surface area contributed by atoms with Gasteiger partial charge >= 0.3 is 6.09 Å². The van der Waals surface area contributed by atoms with E-state index in [1.54, 1.807) is 13.2 Å². The van der Waals surface area contributed by atoms with Crippen LogP contribution in [0.15, 0.2) is 12.1 Å². The van der Waals surface area contributed by atoms with Gasteiger partial charge in [-0.2, -0.15) is 0 Å². The highest BCUT2D eigenvalue weighted by atomic mass is 16.6. The van der Waals surface area contributed by atoms with Gasteiger partial charge in [-0.3, -0.25) is 5.32 Å². The first-order chi connectivity index (χ1) is 11.7. The zero-order chi connectivity index (χ0) is 18.6. The summed E-state index contributed by atoms with van der Waals surface area (Å²) < 4.78 is 10.7. The molecule has 0 saturated carbocycles. The molecule has 0 bridgehead atoms. The van der Waals surface area contributed by atoms with Crippen molar-refractivity contribution in [1.29, 1.82) is 0 Å². The molecule has 1 heterocycles. The van der Waals surface area contributed by atoms with E-state index in [1.807, 2.05) is 26.8 Å². The molecule has 0 atom stereocenters. The topological polar surface area (TPSA) is 80.1 Å². The molecule has 7 nitrogen and oxygen atoms in total. The van der Waals surface area contributed by atoms with E-state index < -0.39 is 11.7 Å². The summed E-state index contributed by atoms with van der Waals surface area (Å²) in [5.41, 5.74) is 7.72. The lowest BCUT2D eigenvalue weighted by Crippen LogP contribution is -2.46. The largest absolute Gasteiger partial charge is 0.494 e. The van der Waals surface area contributed by atoms with Crippen LogP contribution in [-0.4, -0.2) is 56.4 Å². The molecule has 2 rings (SSSR count). The van der Waals surface area contributed by atoms with Crippen LogP contribution in [0.5, 0.6) is 5.75 Å². The van der Waals surface area contributed by atoms with E-state index in [4.69, 9.17) is 15.2 Å². The molecular weight excluding hydrogens is 320 g/mol. The summed E-state index contributed by atoms with van der Waals surface area (Å²) in [6, 6.07) is 3.61. The van der Waals surface area contributed by atoms with Gasteiger partial charge in [0.25, 0.3) is 0 Å². The van der Waals surface area contributed by atoms with Gasteiger partial charge in [0.15, 0.2) is 0 Å². The van der Waals surface area contributed by atoms with Crippen LogP contribution in [0.25, 0.3) is 0 Å². The first-order valence-corrected chi connectivity index (χ1v) is 8.68. The third kappa shape index (κ3) is 5.16. The monoisotopic (exact) mass is 350 g/mol. The van der Waals surface area contributed by atoms with Crippen molar-refractivity contribution >= 4 is 23.2 Å². The van der Waals surface area contributed by atoms with E-state index in [9.17, 15) is 4.79 Å². The number of anilines is 3. The molecule has 140 valence electrons. The lowest BCUT2D eigenvalue weighted by Gasteiger charge is -2.36. The highest BCUT2D eigenvalue weighted by Crippen LogP contribution is 2.36. The van der Waals surface area contributed by atoms with Gasteiger partial charge in [-0.15, -0.1) is 0 Å². The second-order valence-electron chi connectivity index (χ2n) is 7.16. The molecule has 0 aromatic heterocycles. The first kappa shape index (κ1) is 19.2. The Kier molecular flexibility index (Phi) is 6.00. The number of rotatable bonds is 4. The summed E-state index contributed by atoms with van der Waals surface area (Å²) in [4.78, 5) is 16.7. The lowest BCUT2D eigenvalue weighted by atomic mass is 10.1. The number of nitrogen functional groups attached to an aromatic ring is 1. The minimum absolute atomic E-state index is 0.505. The van der Waals surface area contributed by atoms with Crippen LogP contribution in [0.1, 0.15) is 27.7 Å². The van der Waals surface area contributed by atoms with Crippen LogP contribution in [0.4, 0.5) is 21.9 Å². The van der Waals surface area contributed by atoms with E-state index >= 15 is 0 Å². The highest BCUT2D eigenvalue weighted by molar-refractivity contribution is 5.90. The summed E-state index contributed by atoms with van der Waals surface area (Å²) in [6.07, 6.45) is -0.533. The molecular formula is C18H30N4O3. The number of hydrogen-bond acceptors (Lipinski definition) is 6. The molecule has 1 amide bonds. The number of carbonyl (C=O) groups is 1. The molecule has 0 spiro atoms. The molecule has 1 aliphatic rings. The molecule has 1 saturated heterocycles. The van der Waals surface area contributed by atoms with Crippen LogP contribution >= 0.6 is 0 Å². The normalized spacial score (nSPS) is 15.8. The van der Waals surface area contributed by atoms with Gasteiger partial charge in [-0.05, 0) is 33.4 Å². The summed E-state index contributed by atoms with van der Waals surface area (Å²) in [5, 5.41) is 2.71. The summed E-state index contributed by atoms with van der Waals surface area (Å²) in [5.74, 6) is 0.563. The summed E-state index contributed by atoms with van der Waals surface area (Å²) >= 11 is 0. The maximum atomic E-state index is 12.0.